The molecule has 3 fully saturated rings. The number of carbonyl (C=O) groups excluding carboxylic acids is 2. The number of aliphatic hydroxyl groups excluding tert-OH is 5. The van der Waals surface area contributed by atoms with Gasteiger partial charge in [0, 0.05) is 66.2 Å². The van der Waals surface area contributed by atoms with E-state index in [2.05, 4.69) is 16.4 Å². The predicted octanol–water partition coefficient (Wildman–Crippen LogP) is 2.92. The number of thioether (sulfide) groups is 1. The van der Waals surface area contributed by atoms with Gasteiger partial charge in [-0.3, -0.25) is 9.78 Å². The second-order valence-corrected chi connectivity index (χ2v) is 15.3. The highest BCUT2D eigenvalue weighted by Crippen LogP contribution is 2.53. The van der Waals surface area contributed by atoms with Gasteiger partial charge in [0.1, 0.15) is 24.1 Å². The third-order valence-corrected chi connectivity index (χ3v) is 11.2. The number of halogens is 1. The van der Waals surface area contributed by atoms with Crippen molar-refractivity contribution in [2.24, 2.45) is 0 Å². The summed E-state index contributed by atoms with van der Waals surface area (Å²) >= 11 is 8.21. The Kier molecular flexibility index (Phi) is 13.2. The van der Waals surface area contributed by atoms with Crippen LogP contribution in [0.1, 0.15) is 43.2 Å². The largest absolute Gasteiger partial charge is 0.490 e. The lowest BCUT2D eigenvalue weighted by Gasteiger charge is -2.31. The molecule has 0 spiro atoms. The highest BCUT2D eigenvalue weighted by Gasteiger charge is 2.48. The first-order chi connectivity index (χ1) is 25.6. The van der Waals surface area contributed by atoms with E-state index in [4.69, 9.17) is 26.2 Å². The first-order valence-corrected chi connectivity index (χ1v) is 19.4. The van der Waals surface area contributed by atoms with E-state index in [0.29, 0.717) is 36.9 Å². The van der Waals surface area contributed by atoms with E-state index >= 15 is 0 Å². The molecule has 6 rings (SSSR count). The molecule has 3 amide bonds. The summed E-state index contributed by atoms with van der Waals surface area (Å²) in [7, 11) is 0. The van der Waals surface area contributed by atoms with Crippen molar-refractivity contribution in [2.75, 3.05) is 45.1 Å². The molecule has 13 nitrogen and oxygen atoms in total. The Morgan fingerprint density at radius 3 is 2.58 bits per heavy atom. The van der Waals surface area contributed by atoms with Gasteiger partial charge in [-0.05, 0) is 79.3 Å². The quantitative estimate of drug-likeness (QED) is 0.0734. The molecule has 2 aromatic carbocycles. The van der Waals surface area contributed by atoms with Gasteiger partial charge >= 0.3 is 6.03 Å². The Hall–Kier alpha value is -3.47. The molecule has 1 aromatic heterocycles. The Labute approximate surface area is 317 Å². The van der Waals surface area contributed by atoms with Gasteiger partial charge in [0.15, 0.2) is 6.10 Å². The fraction of sp³-hybridized carbons (Fsp3) is 0.500. The minimum absolute atomic E-state index is 0.0846. The van der Waals surface area contributed by atoms with Crippen molar-refractivity contribution >= 4 is 35.3 Å². The maximum absolute atomic E-state index is 13.3. The molecule has 0 bridgehead atoms. The number of hydrogen-bond donors (Lipinski definition) is 6. The maximum Gasteiger partial charge on any atom is 0.317 e. The van der Waals surface area contributed by atoms with Crippen LogP contribution in [0.4, 0.5) is 4.79 Å². The van der Waals surface area contributed by atoms with Gasteiger partial charge in [-0.25, -0.2) is 4.79 Å². The molecular formula is C38H47ClN4O9S. The van der Waals surface area contributed by atoms with Gasteiger partial charge in [0.05, 0.1) is 24.9 Å². The van der Waals surface area contributed by atoms with E-state index in [1.165, 1.54) is 4.90 Å². The summed E-state index contributed by atoms with van der Waals surface area (Å²) in [5.41, 5.74) is 3.44. The van der Waals surface area contributed by atoms with Crippen molar-refractivity contribution in [1.82, 2.24) is 20.1 Å². The molecule has 2 heterocycles. The molecule has 3 aliphatic rings. The number of para-hydroxylation sites is 1. The van der Waals surface area contributed by atoms with Crippen molar-refractivity contribution in [3.8, 4) is 16.9 Å². The van der Waals surface area contributed by atoms with Crippen LogP contribution in [-0.2, 0) is 21.7 Å². The number of pyridine rings is 1. The number of nitrogens with zero attached hydrogens (tertiary/aromatic N) is 3. The number of benzene rings is 2. The van der Waals surface area contributed by atoms with Crippen molar-refractivity contribution < 1.29 is 44.6 Å². The van der Waals surface area contributed by atoms with Crippen LogP contribution < -0.4 is 10.1 Å². The molecule has 1 aliphatic heterocycles. The van der Waals surface area contributed by atoms with Crippen LogP contribution in [0.15, 0.2) is 65.8 Å². The highest BCUT2D eigenvalue weighted by atomic mass is 35.5. The van der Waals surface area contributed by atoms with Gasteiger partial charge < -0.3 is 50.1 Å². The number of aliphatic hydroxyl groups is 5. The van der Waals surface area contributed by atoms with Gasteiger partial charge in [-0.1, -0.05) is 29.8 Å². The molecule has 2 saturated carbocycles. The second-order valence-electron chi connectivity index (χ2n) is 13.7. The van der Waals surface area contributed by atoms with Gasteiger partial charge in [0.25, 0.3) is 5.91 Å². The van der Waals surface area contributed by atoms with Crippen LogP contribution in [-0.4, -0.2) is 128 Å². The first-order valence-electron chi connectivity index (χ1n) is 18.0. The second kappa shape index (κ2) is 17.8. The number of hydrogen-bond acceptors (Lipinski definition) is 11. The molecule has 15 heteroatoms. The standard InChI is InChI=1S/C38H47ClN4O9S/c39-30-9-8-26(53-19-3-15-42(17-18-43-16-14-41-37(43)50)36(49)35(48)34(47)33(46)31(45)22-44)20-24(30)23-51-38(11-12-38)29-21-40-13-10-27(29)28-4-1-2-5-32(28)52-25-6-7-25/h1-2,4-5,8-10,13,20-21,25,31,33-35,44-48H,3,6-7,11-12,14-19,22-23H2,(H,41,50). The number of nitrogens with one attached hydrogen (secondary N) is 1. The minimum atomic E-state index is -2.05. The molecule has 53 heavy (non-hydrogen) atoms. The Balaban J connectivity index is 1.07. The lowest BCUT2D eigenvalue weighted by molar-refractivity contribution is -0.158. The van der Waals surface area contributed by atoms with Crippen LogP contribution in [0.25, 0.3) is 11.1 Å². The number of carbonyl (C=O) groups is 2. The van der Waals surface area contributed by atoms with Crippen LogP contribution in [0.3, 0.4) is 0 Å². The fourth-order valence-electron chi connectivity index (χ4n) is 6.32. The first kappa shape index (κ1) is 39.2. The number of rotatable bonds is 20. The smallest absolute Gasteiger partial charge is 0.317 e. The third kappa shape index (κ3) is 9.80. The molecule has 0 radical (unpaired) electrons. The van der Waals surface area contributed by atoms with Crippen molar-refractivity contribution in [2.45, 2.75) is 79.7 Å². The number of aromatic nitrogens is 1. The molecule has 2 aliphatic carbocycles. The zero-order valence-corrected chi connectivity index (χ0v) is 30.9. The van der Waals surface area contributed by atoms with E-state index in [-0.39, 0.29) is 31.8 Å². The monoisotopic (exact) mass is 770 g/mol. The van der Waals surface area contributed by atoms with Crippen LogP contribution in [0.2, 0.25) is 5.02 Å². The minimum Gasteiger partial charge on any atom is -0.490 e. The van der Waals surface area contributed by atoms with Gasteiger partial charge in [0.2, 0.25) is 0 Å². The Morgan fingerprint density at radius 2 is 1.87 bits per heavy atom. The molecule has 286 valence electrons. The van der Waals surface area contributed by atoms with Gasteiger partial charge in [-0.15, -0.1) is 11.8 Å². The van der Waals surface area contributed by atoms with E-state index in [0.717, 1.165) is 58.6 Å². The SMILES string of the molecule is O=C1NCCN1CCN(CCCSc1ccc(Cl)c(COC2(c3cnccc3-c3ccccc3OC3CC3)CC2)c1)C(=O)C(O)C(O)C(O)C(O)CO. The average Bonchev–Trinajstić information content (AvgIpc) is 4.12. The van der Waals surface area contributed by atoms with Gasteiger partial charge in [-0.2, -0.15) is 0 Å². The van der Waals surface area contributed by atoms with E-state index in [9.17, 15) is 30.0 Å². The van der Waals surface area contributed by atoms with Crippen molar-refractivity contribution in [3.05, 3.63) is 77.1 Å². The molecule has 4 unspecified atom stereocenters. The van der Waals surface area contributed by atoms with E-state index < -0.39 is 42.5 Å². The Bertz CT molecular complexity index is 1730. The summed E-state index contributed by atoms with van der Waals surface area (Å²) in [5.74, 6) is 0.594. The molecule has 1 saturated heterocycles. The summed E-state index contributed by atoms with van der Waals surface area (Å²) in [6, 6.07) is 15.6. The zero-order valence-electron chi connectivity index (χ0n) is 29.3. The predicted molar refractivity (Wildman–Crippen MR) is 198 cm³/mol. The normalized spacial score (nSPS) is 18.6. The summed E-state index contributed by atoms with van der Waals surface area (Å²) in [5, 5.41) is 53.1. The summed E-state index contributed by atoms with van der Waals surface area (Å²) in [4.78, 5) is 33.6. The maximum atomic E-state index is 13.3. The van der Waals surface area contributed by atoms with Crippen LogP contribution in [0.5, 0.6) is 5.75 Å². The van der Waals surface area contributed by atoms with Crippen LogP contribution in [0, 0.1) is 0 Å². The molecular weight excluding hydrogens is 724 g/mol. The topological polar surface area (TPSA) is 185 Å². The molecule has 6 N–H and O–H groups in total. The van der Waals surface area contributed by atoms with Crippen molar-refractivity contribution in [3.63, 3.8) is 0 Å². The lowest BCUT2D eigenvalue weighted by Crippen LogP contribution is -2.53. The van der Waals surface area contributed by atoms with Crippen molar-refractivity contribution in [1.29, 1.82) is 0 Å². The molecule has 4 atom stereocenters. The zero-order chi connectivity index (χ0) is 37.5. The summed E-state index contributed by atoms with van der Waals surface area (Å²) in [6.45, 7) is 0.878. The fourth-order valence-corrected chi connectivity index (χ4v) is 7.39. The van der Waals surface area contributed by atoms with Crippen LogP contribution >= 0.6 is 23.4 Å². The Morgan fingerprint density at radius 1 is 1.08 bits per heavy atom. The molecule has 3 aromatic rings. The van der Waals surface area contributed by atoms with E-state index in [1.807, 2.05) is 48.7 Å². The number of ether oxygens (including phenoxy) is 2. The highest BCUT2D eigenvalue weighted by molar-refractivity contribution is 7.99. The average molecular weight is 771 g/mol. The van der Waals surface area contributed by atoms with E-state index in [1.54, 1.807) is 22.9 Å². The number of amides is 3. The summed E-state index contributed by atoms with van der Waals surface area (Å²) < 4.78 is 12.9. The number of urea groups is 1. The third-order valence-electron chi connectivity index (χ3n) is 9.78. The lowest BCUT2D eigenvalue weighted by atomic mass is 9.96. The summed E-state index contributed by atoms with van der Waals surface area (Å²) in [6.07, 6.45) is 0.554.